The lowest BCUT2D eigenvalue weighted by Crippen LogP contribution is -2.13. The number of nitrogens with one attached hydrogen (secondary N) is 1. The number of benzene rings is 1. The number of nitrogens with two attached hydrogens (primary N) is 1. The molecule has 0 saturated carbocycles. The normalized spacial score (nSPS) is 9.89. The van der Waals surface area contributed by atoms with Crippen LogP contribution in [0.2, 0.25) is 0 Å². The van der Waals surface area contributed by atoms with E-state index in [1.807, 2.05) is 0 Å². The third kappa shape index (κ3) is 2.80. The van der Waals surface area contributed by atoms with E-state index in [1.165, 1.54) is 30.5 Å². The first-order valence-corrected chi connectivity index (χ1v) is 5.16. The fourth-order valence-corrected chi connectivity index (χ4v) is 1.33. The fraction of sp³-hybridized carbons (Fsp3) is 0. The van der Waals surface area contributed by atoms with Gasteiger partial charge in [-0.25, -0.2) is 4.98 Å². The topological polar surface area (TPSA) is 128 Å². The molecule has 96 valence electrons. The van der Waals surface area contributed by atoms with Gasteiger partial charge in [0.05, 0.1) is 4.92 Å². The largest absolute Gasteiger partial charge is 0.417 e. The van der Waals surface area contributed by atoms with Gasteiger partial charge in [-0.2, -0.15) is 4.98 Å². The molecule has 0 aliphatic rings. The smallest absolute Gasteiger partial charge is 0.322 e. The summed E-state index contributed by atoms with van der Waals surface area (Å²) in [5.41, 5.74) is 5.27. The minimum atomic E-state index is -0.565. The summed E-state index contributed by atoms with van der Waals surface area (Å²) in [4.78, 5) is 17.9. The molecule has 8 nitrogen and oxygen atoms in total. The minimum Gasteiger partial charge on any atom is -0.417 e. The maximum atomic E-state index is 10.8. The Morgan fingerprint density at radius 3 is 2.79 bits per heavy atom. The highest BCUT2D eigenvalue weighted by Gasteiger charge is 2.15. The van der Waals surface area contributed by atoms with Gasteiger partial charge in [0.2, 0.25) is 5.75 Å². The molecule has 1 heterocycles. The van der Waals surface area contributed by atoms with Gasteiger partial charge in [-0.3, -0.25) is 15.5 Å². The molecule has 0 amide bonds. The first-order valence-electron chi connectivity index (χ1n) is 5.16. The van der Waals surface area contributed by atoms with Gasteiger partial charge in [-0.1, -0.05) is 12.1 Å². The van der Waals surface area contributed by atoms with E-state index in [4.69, 9.17) is 15.9 Å². The van der Waals surface area contributed by atoms with Gasteiger partial charge in [0.1, 0.15) is 11.5 Å². The third-order valence-electron chi connectivity index (χ3n) is 2.17. The molecule has 0 bridgehead atoms. The summed E-state index contributed by atoms with van der Waals surface area (Å²) in [6.45, 7) is 0. The molecule has 3 N–H and O–H groups in total. The van der Waals surface area contributed by atoms with Crippen molar-refractivity contribution in [2.75, 3.05) is 0 Å². The van der Waals surface area contributed by atoms with Gasteiger partial charge in [0.15, 0.2) is 0 Å². The lowest BCUT2D eigenvalue weighted by molar-refractivity contribution is -0.385. The van der Waals surface area contributed by atoms with E-state index >= 15 is 0 Å². The van der Waals surface area contributed by atoms with Crippen LogP contribution in [0.25, 0.3) is 0 Å². The molecule has 1 aromatic carbocycles. The van der Waals surface area contributed by atoms with Crippen LogP contribution in [0.4, 0.5) is 5.69 Å². The van der Waals surface area contributed by atoms with Crippen molar-refractivity contribution in [1.82, 2.24) is 9.97 Å². The molecular formula is C11H9N5O3. The second kappa shape index (κ2) is 5.08. The highest BCUT2D eigenvalue weighted by Crippen LogP contribution is 2.28. The standard InChI is InChI=1S/C11H9N5O3/c12-10(13)7-5-6-14-11(15-7)19-9-4-2-1-3-8(9)16(17)18/h1-6H,(H3,12,13). The van der Waals surface area contributed by atoms with Crippen LogP contribution in [0.3, 0.4) is 0 Å². The van der Waals surface area contributed by atoms with Crippen LogP contribution < -0.4 is 10.5 Å². The summed E-state index contributed by atoms with van der Waals surface area (Å²) in [6, 6.07) is 7.19. The van der Waals surface area contributed by atoms with Crippen molar-refractivity contribution in [3.63, 3.8) is 0 Å². The highest BCUT2D eigenvalue weighted by molar-refractivity contribution is 5.92. The molecule has 8 heteroatoms. The number of nitro benzene ring substituents is 1. The molecular weight excluding hydrogens is 250 g/mol. The zero-order valence-electron chi connectivity index (χ0n) is 9.61. The van der Waals surface area contributed by atoms with Crippen molar-refractivity contribution in [1.29, 1.82) is 5.41 Å². The number of aromatic nitrogens is 2. The quantitative estimate of drug-likeness (QED) is 0.370. The zero-order valence-corrected chi connectivity index (χ0v) is 9.61. The van der Waals surface area contributed by atoms with E-state index in [0.29, 0.717) is 0 Å². The number of para-hydroxylation sites is 2. The summed E-state index contributed by atoms with van der Waals surface area (Å²) in [5, 5.41) is 18.1. The van der Waals surface area contributed by atoms with Gasteiger partial charge in [0.25, 0.3) is 0 Å². The fourth-order valence-electron chi connectivity index (χ4n) is 1.33. The molecule has 0 fully saturated rings. The average Bonchev–Trinajstić information content (AvgIpc) is 2.39. The summed E-state index contributed by atoms with van der Waals surface area (Å²) in [5.74, 6) is -0.219. The molecule has 0 aliphatic heterocycles. The molecule has 0 saturated heterocycles. The minimum absolute atomic E-state index is 0.0215. The first-order chi connectivity index (χ1) is 9.08. The molecule has 2 aromatic rings. The van der Waals surface area contributed by atoms with Crippen molar-refractivity contribution < 1.29 is 9.66 Å². The van der Waals surface area contributed by atoms with Crippen molar-refractivity contribution >= 4 is 11.5 Å². The second-order valence-corrected chi connectivity index (χ2v) is 3.47. The van der Waals surface area contributed by atoms with Crippen LogP contribution in [-0.4, -0.2) is 20.7 Å². The molecule has 0 atom stereocenters. The Balaban J connectivity index is 2.34. The number of ether oxygens (including phenoxy) is 1. The molecule has 19 heavy (non-hydrogen) atoms. The summed E-state index contributed by atoms with van der Waals surface area (Å²) in [7, 11) is 0. The Labute approximate surface area is 107 Å². The lowest BCUT2D eigenvalue weighted by Gasteiger charge is -2.05. The molecule has 0 unspecified atom stereocenters. The van der Waals surface area contributed by atoms with Crippen LogP contribution in [-0.2, 0) is 0 Å². The first kappa shape index (κ1) is 12.4. The van der Waals surface area contributed by atoms with E-state index < -0.39 is 4.92 Å². The summed E-state index contributed by atoms with van der Waals surface area (Å²) in [6.07, 6.45) is 1.36. The highest BCUT2D eigenvalue weighted by atomic mass is 16.6. The second-order valence-electron chi connectivity index (χ2n) is 3.47. The zero-order chi connectivity index (χ0) is 13.8. The third-order valence-corrected chi connectivity index (χ3v) is 2.17. The van der Waals surface area contributed by atoms with Crippen molar-refractivity contribution in [3.05, 3.63) is 52.3 Å². The predicted octanol–water partition coefficient (Wildman–Crippen LogP) is 1.46. The molecule has 0 spiro atoms. The van der Waals surface area contributed by atoms with Crippen molar-refractivity contribution in [2.45, 2.75) is 0 Å². The maximum absolute atomic E-state index is 10.8. The summed E-state index contributed by atoms with van der Waals surface area (Å²) < 4.78 is 5.25. The van der Waals surface area contributed by atoms with Crippen LogP contribution in [0, 0.1) is 15.5 Å². The van der Waals surface area contributed by atoms with Crippen molar-refractivity contribution in [2.24, 2.45) is 5.73 Å². The number of hydrogen-bond donors (Lipinski definition) is 2. The van der Waals surface area contributed by atoms with Gasteiger partial charge >= 0.3 is 11.7 Å². The van der Waals surface area contributed by atoms with Crippen LogP contribution in [0.1, 0.15) is 5.69 Å². The number of nitro groups is 1. The number of hydrogen-bond acceptors (Lipinski definition) is 6. The van der Waals surface area contributed by atoms with Crippen LogP contribution in [0.15, 0.2) is 36.5 Å². The average molecular weight is 259 g/mol. The lowest BCUT2D eigenvalue weighted by atomic mass is 10.3. The van der Waals surface area contributed by atoms with E-state index in [0.717, 1.165) is 0 Å². The van der Waals surface area contributed by atoms with Crippen LogP contribution >= 0.6 is 0 Å². The van der Waals surface area contributed by atoms with Crippen LogP contribution in [0.5, 0.6) is 11.8 Å². The summed E-state index contributed by atoms with van der Waals surface area (Å²) >= 11 is 0. The SMILES string of the molecule is N=C(N)c1ccnc(Oc2ccccc2[N+](=O)[O-])n1. The Kier molecular flexibility index (Phi) is 3.33. The Hall–Kier alpha value is -3.03. The Bertz CT molecular complexity index is 644. The van der Waals surface area contributed by atoms with E-state index in [9.17, 15) is 10.1 Å². The van der Waals surface area contributed by atoms with E-state index in [1.54, 1.807) is 6.07 Å². The molecule has 1 aromatic heterocycles. The van der Waals surface area contributed by atoms with E-state index in [-0.39, 0.29) is 29.0 Å². The number of rotatable bonds is 4. The number of nitrogens with zero attached hydrogens (tertiary/aromatic N) is 3. The van der Waals surface area contributed by atoms with Gasteiger partial charge in [-0.05, 0) is 12.1 Å². The number of amidine groups is 1. The van der Waals surface area contributed by atoms with Gasteiger partial charge in [-0.15, -0.1) is 0 Å². The van der Waals surface area contributed by atoms with E-state index in [2.05, 4.69) is 9.97 Å². The van der Waals surface area contributed by atoms with Gasteiger partial charge in [0, 0.05) is 12.3 Å². The maximum Gasteiger partial charge on any atom is 0.322 e. The van der Waals surface area contributed by atoms with Gasteiger partial charge < -0.3 is 10.5 Å². The number of nitrogen functional groups attached to an aromatic ring is 1. The Morgan fingerprint density at radius 1 is 1.37 bits per heavy atom. The monoisotopic (exact) mass is 259 g/mol. The Morgan fingerprint density at radius 2 is 2.11 bits per heavy atom. The van der Waals surface area contributed by atoms with Crippen molar-refractivity contribution in [3.8, 4) is 11.8 Å². The molecule has 0 radical (unpaired) electrons. The molecule has 0 aliphatic carbocycles. The predicted molar refractivity (Wildman–Crippen MR) is 66.2 cm³/mol. The molecule has 2 rings (SSSR count).